The zero-order valence-electron chi connectivity index (χ0n) is 20.2. The number of benzene rings is 1. The van der Waals surface area contributed by atoms with Crippen LogP contribution in [0.4, 0.5) is 0 Å². The van der Waals surface area contributed by atoms with E-state index in [1.165, 1.54) is 4.88 Å². The lowest BCUT2D eigenvalue weighted by atomic mass is 10.0. The van der Waals surface area contributed by atoms with Gasteiger partial charge in [-0.25, -0.2) is 9.97 Å². The molecular weight excluding hydrogens is 448 g/mol. The molecule has 0 saturated heterocycles. The highest BCUT2D eigenvalue weighted by atomic mass is 32.1. The smallest absolute Gasteiger partial charge is 0.264 e. The van der Waals surface area contributed by atoms with Gasteiger partial charge in [0, 0.05) is 22.2 Å². The largest absolute Gasteiger partial charge is 0.472 e. The Kier molecular flexibility index (Phi) is 6.38. The molecule has 0 aliphatic carbocycles. The van der Waals surface area contributed by atoms with Crippen LogP contribution >= 0.6 is 11.3 Å². The maximum absolute atomic E-state index is 13.3. The van der Waals surface area contributed by atoms with Gasteiger partial charge < -0.3 is 9.84 Å². The van der Waals surface area contributed by atoms with Crippen LogP contribution in [0.3, 0.4) is 0 Å². The van der Waals surface area contributed by atoms with E-state index < -0.39 is 5.60 Å². The van der Waals surface area contributed by atoms with Gasteiger partial charge in [-0.3, -0.25) is 9.36 Å². The summed E-state index contributed by atoms with van der Waals surface area (Å²) in [7, 11) is 0. The Morgan fingerprint density at radius 1 is 1.12 bits per heavy atom. The number of ether oxygens (including phenoxy) is 1. The maximum Gasteiger partial charge on any atom is 0.264 e. The zero-order chi connectivity index (χ0) is 24.6. The van der Waals surface area contributed by atoms with Gasteiger partial charge in [-0.1, -0.05) is 12.1 Å². The number of aliphatic hydroxyl groups is 1. The van der Waals surface area contributed by atoms with E-state index in [-0.39, 0.29) is 5.56 Å². The Bertz CT molecular complexity index is 1420. The van der Waals surface area contributed by atoms with Crippen LogP contribution in [0, 0.1) is 27.7 Å². The van der Waals surface area contributed by atoms with Crippen molar-refractivity contribution in [1.29, 1.82) is 0 Å². The maximum atomic E-state index is 13.3. The molecule has 0 bridgehead atoms. The number of hydrogen-bond donors (Lipinski definition) is 1. The Labute approximate surface area is 202 Å². The van der Waals surface area contributed by atoms with Crippen molar-refractivity contribution < 1.29 is 9.84 Å². The minimum absolute atomic E-state index is 0.183. The summed E-state index contributed by atoms with van der Waals surface area (Å²) in [6.45, 7) is 11.2. The lowest BCUT2D eigenvalue weighted by Gasteiger charge is -2.18. The SMILES string of the molecule is Cc1cc(COc2nc(C)n(-c3cccc(-c4nc(C(C)(C)O)ncc4C)c3)c(=O)c2C)cs1. The van der Waals surface area contributed by atoms with E-state index in [1.807, 2.05) is 43.5 Å². The summed E-state index contributed by atoms with van der Waals surface area (Å²) in [5, 5.41) is 12.4. The second-order valence-electron chi connectivity index (χ2n) is 8.92. The summed E-state index contributed by atoms with van der Waals surface area (Å²) in [5.41, 5.74) is 3.24. The van der Waals surface area contributed by atoms with Crippen molar-refractivity contribution >= 4 is 11.3 Å². The summed E-state index contributed by atoms with van der Waals surface area (Å²) >= 11 is 1.66. The Morgan fingerprint density at radius 3 is 2.56 bits per heavy atom. The van der Waals surface area contributed by atoms with Gasteiger partial charge >= 0.3 is 0 Å². The normalized spacial score (nSPS) is 11.6. The number of thiophene rings is 1. The van der Waals surface area contributed by atoms with E-state index in [4.69, 9.17) is 4.74 Å². The van der Waals surface area contributed by atoms with Crippen molar-refractivity contribution in [1.82, 2.24) is 19.5 Å². The molecule has 0 spiro atoms. The molecule has 0 saturated carbocycles. The quantitative estimate of drug-likeness (QED) is 0.430. The van der Waals surface area contributed by atoms with Crippen LogP contribution < -0.4 is 10.3 Å². The van der Waals surface area contributed by atoms with Crippen molar-refractivity contribution in [3.8, 4) is 22.8 Å². The molecule has 0 radical (unpaired) electrons. The number of hydrogen-bond acceptors (Lipinski definition) is 7. The number of aromatic nitrogens is 4. The van der Waals surface area contributed by atoms with Crippen LogP contribution in [0.5, 0.6) is 5.88 Å². The van der Waals surface area contributed by atoms with Crippen LogP contribution in [0.2, 0.25) is 0 Å². The van der Waals surface area contributed by atoms with E-state index in [9.17, 15) is 9.90 Å². The molecule has 4 rings (SSSR count). The van der Waals surface area contributed by atoms with Crippen LogP contribution in [-0.4, -0.2) is 24.6 Å². The molecular formula is C26H28N4O3S. The van der Waals surface area contributed by atoms with Crippen LogP contribution in [0.15, 0.2) is 46.7 Å². The van der Waals surface area contributed by atoms with Gasteiger partial charge in [0.2, 0.25) is 5.88 Å². The molecule has 0 fully saturated rings. The average molecular weight is 477 g/mol. The second kappa shape index (κ2) is 9.12. The third kappa shape index (κ3) is 4.78. The Hall–Kier alpha value is -3.36. The van der Waals surface area contributed by atoms with Crippen LogP contribution in [-0.2, 0) is 12.2 Å². The predicted molar refractivity (Wildman–Crippen MR) is 134 cm³/mol. The standard InChI is InChI=1S/C26H28N4O3S/c1-15-12-27-25(26(5,6)32)29-22(15)20-8-7-9-21(11-20)30-18(4)28-23(17(3)24(30)31)33-13-19-10-16(2)34-14-19/h7-12,14,32H,13H2,1-6H3. The highest BCUT2D eigenvalue weighted by Gasteiger charge is 2.21. The van der Waals surface area contributed by atoms with E-state index in [0.29, 0.717) is 41.1 Å². The molecule has 0 unspecified atom stereocenters. The fourth-order valence-electron chi connectivity index (χ4n) is 3.68. The highest BCUT2D eigenvalue weighted by molar-refractivity contribution is 7.10. The third-order valence-corrected chi connectivity index (χ3v) is 6.40. The third-order valence-electron chi connectivity index (χ3n) is 5.49. The van der Waals surface area contributed by atoms with Crippen molar-refractivity contribution in [2.24, 2.45) is 0 Å². The highest BCUT2D eigenvalue weighted by Crippen LogP contribution is 2.26. The molecule has 176 valence electrons. The molecule has 34 heavy (non-hydrogen) atoms. The molecule has 7 nitrogen and oxygen atoms in total. The van der Waals surface area contributed by atoms with E-state index >= 15 is 0 Å². The average Bonchev–Trinajstić information content (AvgIpc) is 3.20. The fourth-order valence-corrected chi connectivity index (χ4v) is 4.37. The monoisotopic (exact) mass is 476 g/mol. The summed E-state index contributed by atoms with van der Waals surface area (Å²) in [5.74, 6) is 1.22. The first-order valence-corrected chi connectivity index (χ1v) is 11.9. The summed E-state index contributed by atoms with van der Waals surface area (Å²) in [6, 6.07) is 9.63. The predicted octanol–water partition coefficient (Wildman–Crippen LogP) is 4.79. The fraction of sp³-hybridized carbons (Fsp3) is 0.308. The van der Waals surface area contributed by atoms with E-state index in [2.05, 4.69) is 21.0 Å². The molecule has 0 aliphatic heterocycles. The summed E-state index contributed by atoms with van der Waals surface area (Å²) < 4.78 is 7.46. The van der Waals surface area contributed by atoms with Crippen molar-refractivity contribution in [3.05, 3.63) is 85.5 Å². The molecule has 3 aromatic heterocycles. The second-order valence-corrected chi connectivity index (χ2v) is 10.0. The molecule has 0 amide bonds. The Morgan fingerprint density at radius 2 is 1.88 bits per heavy atom. The van der Waals surface area contributed by atoms with Gasteiger partial charge in [-0.05, 0) is 70.7 Å². The molecule has 1 N–H and O–H groups in total. The first-order valence-electron chi connectivity index (χ1n) is 11.0. The van der Waals surface area contributed by atoms with E-state index in [1.54, 1.807) is 49.8 Å². The van der Waals surface area contributed by atoms with Crippen molar-refractivity contribution in [2.45, 2.75) is 53.8 Å². The van der Waals surface area contributed by atoms with Gasteiger partial charge in [0.25, 0.3) is 5.56 Å². The minimum atomic E-state index is -1.16. The molecule has 8 heteroatoms. The molecule has 0 aliphatic rings. The first-order chi connectivity index (χ1) is 16.0. The molecule has 3 heterocycles. The van der Waals surface area contributed by atoms with Gasteiger partial charge in [-0.15, -0.1) is 11.3 Å². The zero-order valence-corrected chi connectivity index (χ0v) is 21.0. The van der Waals surface area contributed by atoms with Gasteiger partial charge in [-0.2, -0.15) is 4.98 Å². The minimum Gasteiger partial charge on any atom is -0.472 e. The molecule has 4 aromatic rings. The van der Waals surface area contributed by atoms with Gasteiger partial charge in [0.1, 0.15) is 18.0 Å². The van der Waals surface area contributed by atoms with Crippen LogP contribution in [0.25, 0.3) is 16.9 Å². The number of rotatable bonds is 6. The van der Waals surface area contributed by atoms with Crippen molar-refractivity contribution in [3.63, 3.8) is 0 Å². The Balaban J connectivity index is 1.72. The van der Waals surface area contributed by atoms with Crippen molar-refractivity contribution in [2.75, 3.05) is 0 Å². The van der Waals surface area contributed by atoms with Gasteiger partial charge in [0.05, 0.1) is 16.9 Å². The summed E-state index contributed by atoms with van der Waals surface area (Å²) in [6.07, 6.45) is 1.70. The number of aryl methyl sites for hydroxylation is 3. The molecule has 0 atom stereocenters. The lowest BCUT2D eigenvalue weighted by molar-refractivity contribution is 0.0688. The first kappa shape index (κ1) is 23.8. The topological polar surface area (TPSA) is 90.1 Å². The summed E-state index contributed by atoms with van der Waals surface area (Å²) in [4.78, 5) is 28.0. The number of nitrogens with zero attached hydrogens (tertiary/aromatic N) is 4. The van der Waals surface area contributed by atoms with Crippen LogP contribution in [0.1, 0.15) is 47.1 Å². The lowest BCUT2D eigenvalue weighted by Crippen LogP contribution is -2.25. The molecule has 1 aromatic carbocycles. The van der Waals surface area contributed by atoms with Gasteiger partial charge in [0.15, 0.2) is 5.82 Å². The van der Waals surface area contributed by atoms with E-state index in [0.717, 1.165) is 16.7 Å².